The number of benzene rings is 2. The predicted molar refractivity (Wildman–Crippen MR) is 88.7 cm³/mol. The van der Waals surface area contributed by atoms with Gasteiger partial charge in [0.1, 0.15) is 0 Å². The zero-order valence-corrected chi connectivity index (χ0v) is 14.2. The number of hydrogen-bond acceptors (Lipinski definition) is 3. The average Bonchev–Trinajstić information content (AvgIpc) is 2.42. The first kappa shape index (κ1) is 16.8. The van der Waals surface area contributed by atoms with Crippen LogP contribution in [0, 0.1) is 6.92 Å². The van der Waals surface area contributed by atoms with Gasteiger partial charge in [-0.1, -0.05) is 29.3 Å². The molecule has 7 heteroatoms. The molecule has 0 aliphatic carbocycles. The van der Waals surface area contributed by atoms with Crippen LogP contribution in [0.25, 0.3) is 0 Å². The Balaban J connectivity index is 2.35. The van der Waals surface area contributed by atoms with Crippen LogP contribution in [0.5, 0.6) is 0 Å². The number of sulfone groups is 1. The normalized spacial score (nSPS) is 11.3. The largest absolute Gasteiger partial charge is 0.322 e. The third-order valence-electron chi connectivity index (χ3n) is 3.04. The highest BCUT2D eigenvalue weighted by atomic mass is 35.5. The summed E-state index contributed by atoms with van der Waals surface area (Å²) in [5.74, 6) is -0.504. The van der Waals surface area contributed by atoms with E-state index in [0.29, 0.717) is 10.7 Å². The molecule has 1 N–H and O–H groups in total. The molecule has 0 aliphatic rings. The molecule has 0 atom stereocenters. The van der Waals surface area contributed by atoms with E-state index in [4.69, 9.17) is 23.2 Å². The minimum absolute atomic E-state index is 0.0315. The zero-order chi connectivity index (χ0) is 16.5. The number of rotatable bonds is 3. The molecule has 0 unspecified atom stereocenters. The van der Waals surface area contributed by atoms with Crippen molar-refractivity contribution in [2.75, 3.05) is 11.6 Å². The molecule has 0 spiro atoms. The summed E-state index contributed by atoms with van der Waals surface area (Å²) in [4.78, 5) is 12.3. The molecule has 0 bridgehead atoms. The molecule has 0 heterocycles. The van der Waals surface area contributed by atoms with E-state index in [0.717, 1.165) is 11.8 Å². The van der Waals surface area contributed by atoms with E-state index in [2.05, 4.69) is 5.32 Å². The second-order valence-corrected chi connectivity index (χ2v) is 7.66. The summed E-state index contributed by atoms with van der Waals surface area (Å²) in [6, 6.07) is 9.08. The first-order chi connectivity index (χ1) is 10.2. The molecule has 0 fully saturated rings. The quantitative estimate of drug-likeness (QED) is 0.903. The van der Waals surface area contributed by atoms with Gasteiger partial charge in [0.25, 0.3) is 5.91 Å². The summed E-state index contributed by atoms with van der Waals surface area (Å²) >= 11 is 12.0. The van der Waals surface area contributed by atoms with Crippen molar-refractivity contribution >= 4 is 44.6 Å². The molecular formula is C15H13Cl2NO3S. The van der Waals surface area contributed by atoms with Gasteiger partial charge < -0.3 is 5.32 Å². The van der Waals surface area contributed by atoms with E-state index >= 15 is 0 Å². The molecule has 4 nitrogen and oxygen atoms in total. The second kappa shape index (κ2) is 6.28. The lowest BCUT2D eigenvalue weighted by Crippen LogP contribution is -2.13. The van der Waals surface area contributed by atoms with Gasteiger partial charge in [-0.2, -0.15) is 0 Å². The van der Waals surface area contributed by atoms with Crippen molar-refractivity contribution in [2.45, 2.75) is 11.8 Å². The van der Waals surface area contributed by atoms with Crippen LogP contribution < -0.4 is 5.32 Å². The maximum Gasteiger partial charge on any atom is 0.257 e. The number of halogens is 2. The summed E-state index contributed by atoms with van der Waals surface area (Å²) in [7, 11) is -3.42. The Morgan fingerprint density at radius 1 is 1.05 bits per heavy atom. The Bertz CT molecular complexity index is 848. The van der Waals surface area contributed by atoms with Crippen molar-refractivity contribution in [1.82, 2.24) is 0 Å². The molecule has 0 aromatic heterocycles. The molecule has 1 amide bonds. The molecule has 116 valence electrons. The standard InChI is InChI=1S/C15H13Cl2NO3S/c1-9-3-4-10(7-14(9)17)18-15(19)12-8-11(22(2,20)21)5-6-13(12)16/h3-8H,1-2H3,(H,18,19). The first-order valence-corrected chi connectivity index (χ1v) is 8.90. The number of aryl methyl sites for hydroxylation is 1. The van der Waals surface area contributed by atoms with Gasteiger partial charge in [0, 0.05) is 17.0 Å². The average molecular weight is 358 g/mol. The Morgan fingerprint density at radius 3 is 2.32 bits per heavy atom. The van der Waals surface area contributed by atoms with Crippen molar-refractivity contribution in [3.8, 4) is 0 Å². The van der Waals surface area contributed by atoms with Gasteiger partial charge in [-0.15, -0.1) is 0 Å². The van der Waals surface area contributed by atoms with Crippen LogP contribution in [0.3, 0.4) is 0 Å². The van der Waals surface area contributed by atoms with Crippen LogP contribution in [0.15, 0.2) is 41.3 Å². The van der Waals surface area contributed by atoms with E-state index < -0.39 is 15.7 Å². The smallest absolute Gasteiger partial charge is 0.257 e. The van der Waals surface area contributed by atoms with Crippen LogP contribution in [-0.2, 0) is 9.84 Å². The second-order valence-electron chi connectivity index (χ2n) is 4.83. The Labute approximate surface area is 139 Å². The molecule has 2 rings (SSSR count). The Hall–Kier alpha value is -1.56. The molecule has 2 aromatic rings. The SMILES string of the molecule is Cc1ccc(NC(=O)c2cc(S(C)(=O)=O)ccc2Cl)cc1Cl. The lowest BCUT2D eigenvalue weighted by molar-refractivity contribution is 0.102. The highest BCUT2D eigenvalue weighted by molar-refractivity contribution is 7.90. The number of carbonyl (C=O) groups excluding carboxylic acids is 1. The maximum absolute atomic E-state index is 12.3. The van der Waals surface area contributed by atoms with Gasteiger partial charge in [0.05, 0.1) is 15.5 Å². The van der Waals surface area contributed by atoms with Crippen molar-refractivity contribution in [3.05, 3.63) is 57.6 Å². The maximum atomic E-state index is 12.3. The number of amides is 1. The number of nitrogens with one attached hydrogen (secondary N) is 1. The van der Waals surface area contributed by atoms with Gasteiger partial charge in [-0.05, 0) is 42.8 Å². The highest BCUT2D eigenvalue weighted by Crippen LogP contribution is 2.24. The number of anilines is 1. The highest BCUT2D eigenvalue weighted by Gasteiger charge is 2.16. The fraction of sp³-hybridized carbons (Fsp3) is 0.133. The monoisotopic (exact) mass is 357 g/mol. The van der Waals surface area contributed by atoms with Gasteiger partial charge in [0.15, 0.2) is 9.84 Å². The van der Waals surface area contributed by atoms with Crippen molar-refractivity contribution in [2.24, 2.45) is 0 Å². The van der Waals surface area contributed by atoms with Crippen molar-refractivity contribution < 1.29 is 13.2 Å². The fourth-order valence-electron chi connectivity index (χ4n) is 1.78. The summed E-state index contributed by atoms with van der Waals surface area (Å²) < 4.78 is 23.1. The Morgan fingerprint density at radius 2 is 1.73 bits per heavy atom. The third-order valence-corrected chi connectivity index (χ3v) is 4.89. The third kappa shape index (κ3) is 3.80. The lowest BCUT2D eigenvalue weighted by Gasteiger charge is -2.09. The first-order valence-electron chi connectivity index (χ1n) is 6.25. The fourth-order valence-corrected chi connectivity index (χ4v) is 2.81. The Kier molecular flexibility index (Phi) is 4.80. The van der Waals surface area contributed by atoms with Crippen LogP contribution in [0.2, 0.25) is 10.0 Å². The van der Waals surface area contributed by atoms with E-state index in [1.165, 1.54) is 18.2 Å². The molecule has 0 saturated heterocycles. The molecule has 22 heavy (non-hydrogen) atoms. The summed E-state index contributed by atoms with van der Waals surface area (Å²) in [5.41, 5.74) is 1.47. The van der Waals surface area contributed by atoms with Crippen LogP contribution in [-0.4, -0.2) is 20.6 Å². The van der Waals surface area contributed by atoms with Crippen molar-refractivity contribution in [3.63, 3.8) is 0 Å². The van der Waals surface area contributed by atoms with Crippen LogP contribution in [0.4, 0.5) is 5.69 Å². The molecule has 0 saturated carbocycles. The van der Waals surface area contributed by atoms with Gasteiger partial charge in [-0.3, -0.25) is 4.79 Å². The lowest BCUT2D eigenvalue weighted by atomic mass is 10.2. The summed E-state index contributed by atoms with van der Waals surface area (Å²) in [5, 5.41) is 3.33. The summed E-state index contributed by atoms with van der Waals surface area (Å²) in [6.45, 7) is 1.85. The predicted octanol–water partition coefficient (Wildman–Crippen LogP) is 3.96. The molecule has 0 radical (unpaired) electrons. The van der Waals surface area contributed by atoms with Crippen LogP contribution >= 0.6 is 23.2 Å². The topological polar surface area (TPSA) is 63.2 Å². The molecular weight excluding hydrogens is 345 g/mol. The van der Waals surface area contributed by atoms with Crippen LogP contribution in [0.1, 0.15) is 15.9 Å². The van der Waals surface area contributed by atoms with E-state index in [1.54, 1.807) is 18.2 Å². The van der Waals surface area contributed by atoms with E-state index in [-0.39, 0.29) is 15.5 Å². The molecule has 2 aromatic carbocycles. The van der Waals surface area contributed by atoms with Crippen molar-refractivity contribution in [1.29, 1.82) is 0 Å². The summed E-state index contributed by atoms with van der Waals surface area (Å²) in [6.07, 6.45) is 1.07. The zero-order valence-electron chi connectivity index (χ0n) is 11.9. The van der Waals surface area contributed by atoms with Gasteiger partial charge in [0.2, 0.25) is 0 Å². The number of carbonyl (C=O) groups is 1. The van der Waals surface area contributed by atoms with E-state index in [9.17, 15) is 13.2 Å². The molecule has 0 aliphatic heterocycles. The van der Waals surface area contributed by atoms with Gasteiger partial charge in [-0.25, -0.2) is 8.42 Å². The minimum atomic E-state index is -3.42. The van der Waals surface area contributed by atoms with E-state index in [1.807, 2.05) is 6.92 Å². The number of hydrogen-bond donors (Lipinski definition) is 1. The minimum Gasteiger partial charge on any atom is -0.322 e. The van der Waals surface area contributed by atoms with Gasteiger partial charge >= 0.3 is 0 Å².